The van der Waals surface area contributed by atoms with Crippen molar-refractivity contribution in [3.05, 3.63) is 100 Å². The van der Waals surface area contributed by atoms with Crippen LogP contribution in [-0.2, 0) is 27.3 Å². The minimum atomic E-state index is -1.60. The number of hydrogen-bond donors (Lipinski definition) is 3. The smallest absolute Gasteiger partial charge is 0.258 e. The van der Waals surface area contributed by atoms with Crippen LogP contribution in [0.15, 0.2) is 72.8 Å². The molecule has 1 saturated heterocycles. The molecule has 1 aliphatic rings. The number of hydrogen-bond acceptors (Lipinski definition) is 6. The summed E-state index contributed by atoms with van der Waals surface area (Å²) in [6, 6.07) is 20.4. The lowest BCUT2D eigenvalue weighted by atomic mass is 9.97. The molecule has 3 amide bonds. The summed E-state index contributed by atoms with van der Waals surface area (Å²) >= 11 is 7.72. The highest BCUT2D eigenvalue weighted by molar-refractivity contribution is 8.00. The van der Waals surface area contributed by atoms with E-state index in [9.17, 15) is 19.5 Å². The Morgan fingerprint density at radius 1 is 1.02 bits per heavy atom. The Bertz CT molecular complexity index is 1430. The molecule has 3 aromatic rings. The zero-order valence-electron chi connectivity index (χ0n) is 24.8. The molecule has 3 N–H and O–H groups in total. The van der Waals surface area contributed by atoms with Gasteiger partial charge in [0.25, 0.3) is 11.8 Å². The number of thioether (sulfide) groups is 1. The van der Waals surface area contributed by atoms with E-state index in [4.69, 9.17) is 16.3 Å². The highest BCUT2D eigenvalue weighted by atomic mass is 35.5. The van der Waals surface area contributed by atoms with E-state index in [1.807, 2.05) is 94.4 Å². The average molecular weight is 624 g/mol. The molecule has 3 atom stereocenters. The molecule has 0 aliphatic carbocycles. The molecule has 0 spiro atoms. The highest BCUT2D eigenvalue weighted by Gasteiger charge is 2.49. The maximum absolute atomic E-state index is 13.8. The number of ether oxygens (including phenoxy) is 1. The fraction of sp³-hybridized carbons (Fsp3) is 0.364. The molecule has 43 heavy (non-hydrogen) atoms. The van der Waals surface area contributed by atoms with Crippen molar-refractivity contribution >= 4 is 41.1 Å². The van der Waals surface area contributed by atoms with E-state index in [1.54, 1.807) is 6.07 Å². The van der Waals surface area contributed by atoms with Gasteiger partial charge >= 0.3 is 0 Å². The van der Waals surface area contributed by atoms with E-state index >= 15 is 0 Å². The Morgan fingerprint density at radius 2 is 1.67 bits per heavy atom. The van der Waals surface area contributed by atoms with Crippen molar-refractivity contribution < 1.29 is 24.2 Å². The number of aliphatic hydroxyl groups excluding tert-OH is 1. The van der Waals surface area contributed by atoms with Crippen molar-refractivity contribution in [2.45, 2.75) is 63.6 Å². The van der Waals surface area contributed by atoms with Gasteiger partial charge in [-0.2, -0.15) is 0 Å². The number of carbonyl (C=O) groups is 3. The zero-order chi connectivity index (χ0) is 31.1. The Balaban J connectivity index is 1.49. The predicted octanol–water partition coefficient (Wildman–Crippen LogP) is 4.42. The summed E-state index contributed by atoms with van der Waals surface area (Å²) < 4.78 is 5.20. The number of halogens is 1. The molecular weight excluding hydrogens is 586 g/mol. The lowest BCUT2D eigenvalue weighted by Gasteiger charge is -2.33. The van der Waals surface area contributed by atoms with Crippen LogP contribution in [0.4, 0.5) is 0 Å². The Morgan fingerprint density at radius 3 is 2.35 bits per heavy atom. The van der Waals surface area contributed by atoms with E-state index in [1.165, 1.54) is 16.7 Å². The summed E-state index contributed by atoms with van der Waals surface area (Å²) in [6.07, 6.45) is -1.39. The third kappa shape index (κ3) is 8.10. The van der Waals surface area contributed by atoms with Gasteiger partial charge in [0.2, 0.25) is 5.91 Å². The van der Waals surface area contributed by atoms with Gasteiger partial charge in [0, 0.05) is 16.3 Å². The van der Waals surface area contributed by atoms with Crippen molar-refractivity contribution in [2.24, 2.45) is 0 Å². The van der Waals surface area contributed by atoms with E-state index in [-0.39, 0.29) is 31.4 Å². The number of rotatable bonds is 11. The minimum Gasteiger partial charge on any atom is -0.483 e. The number of carbonyl (C=O) groups excluding carboxylic acids is 3. The number of nitrogens with one attached hydrogen (secondary N) is 2. The standard InChI is InChI=1S/C33H38ClN3O5S/c1-21-11-10-12-22(2)29(21)42-19-27(38)36-26(17-23-13-6-5-7-14-23)28(39)32(41)37-20-43-33(3,4)30(37)31(40)35-18-24-15-8-9-16-25(24)34/h5-16,26,28,30,39H,17-20H2,1-4H3,(H,35,40)(H,36,38). The summed E-state index contributed by atoms with van der Waals surface area (Å²) in [5.41, 5.74) is 3.39. The van der Waals surface area contributed by atoms with Crippen LogP contribution >= 0.6 is 23.4 Å². The molecule has 4 rings (SSSR count). The van der Waals surface area contributed by atoms with Crippen LogP contribution in [0.5, 0.6) is 5.75 Å². The lowest BCUT2D eigenvalue weighted by molar-refractivity contribution is -0.148. The number of aliphatic hydroxyl groups is 1. The monoisotopic (exact) mass is 623 g/mol. The van der Waals surface area contributed by atoms with E-state index in [0.29, 0.717) is 10.8 Å². The molecule has 3 unspecified atom stereocenters. The Hall–Kier alpha value is -3.53. The first kappa shape index (κ1) is 32.4. The number of amides is 3. The molecule has 228 valence electrons. The van der Waals surface area contributed by atoms with Gasteiger partial charge in [0.05, 0.1) is 11.9 Å². The second kappa shape index (κ2) is 14.3. The fourth-order valence-electron chi connectivity index (χ4n) is 5.20. The van der Waals surface area contributed by atoms with Crippen LogP contribution in [0.25, 0.3) is 0 Å². The Labute approximate surface area is 262 Å². The first-order chi connectivity index (χ1) is 20.5. The van der Waals surface area contributed by atoms with Crippen molar-refractivity contribution in [1.29, 1.82) is 0 Å². The van der Waals surface area contributed by atoms with Crippen molar-refractivity contribution in [2.75, 3.05) is 12.5 Å². The van der Waals surface area contributed by atoms with Gasteiger partial charge in [-0.3, -0.25) is 14.4 Å². The lowest BCUT2D eigenvalue weighted by Crippen LogP contribution is -2.59. The second-order valence-corrected chi connectivity index (χ2v) is 13.2. The normalized spacial score (nSPS) is 17.2. The quantitative estimate of drug-likeness (QED) is 0.292. The van der Waals surface area contributed by atoms with E-state index < -0.39 is 34.7 Å². The van der Waals surface area contributed by atoms with Gasteiger partial charge in [-0.1, -0.05) is 78.3 Å². The molecule has 0 radical (unpaired) electrons. The fourth-order valence-corrected chi connectivity index (χ4v) is 6.54. The maximum atomic E-state index is 13.8. The third-order valence-electron chi connectivity index (χ3n) is 7.52. The third-order valence-corrected chi connectivity index (χ3v) is 9.27. The van der Waals surface area contributed by atoms with Crippen LogP contribution in [-0.4, -0.2) is 63.1 Å². The van der Waals surface area contributed by atoms with Gasteiger partial charge in [-0.25, -0.2) is 0 Å². The van der Waals surface area contributed by atoms with Crippen molar-refractivity contribution in [3.8, 4) is 5.75 Å². The summed E-state index contributed by atoms with van der Waals surface area (Å²) in [5.74, 6) is -0.611. The van der Waals surface area contributed by atoms with Crippen LogP contribution in [0, 0.1) is 13.8 Å². The zero-order valence-corrected chi connectivity index (χ0v) is 26.4. The summed E-state index contributed by atoms with van der Waals surface area (Å²) in [6.45, 7) is 7.51. The molecule has 0 aromatic heterocycles. The molecule has 0 bridgehead atoms. The van der Waals surface area contributed by atoms with Crippen molar-refractivity contribution in [1.82, 2.24) is 15.5 Å². The summed E-state index contributed by atoms with van der Waals surface area (Å²) in [7, 11) is 0. The van der Waals surface area contributed by atoms with Crippen LogP contribution in [0.1, 0.15) is 36.1 Å². The molecule has 10 heteroatoms. The molecule has 1 heterocycles. The second-order valence-electron chi connectivity index (χ2n) is 11.2. The van der Waals surface area contributed by atoms with Crippen LogP contribution < -0.4 is 15.4 Å². The van der Waals surface area contributed by atoms with Gasteiger partial charge in [-0.05, 0) is 62.4 Å². The first-order valence-electron chi connectivity index (χ1n) is 14.1. The molecule has 8 nitrogen and oxygen atoms in total. The van der Waals surface area contributed by atoms with Crippen LogP contribution in [0.2, 0.25) is 5.02 Å². The SMILES string of the molecule is Cc1cccc(C)c1OCC(=O)NC(Cc1ccccc1)C(O)C(=O)N1CSC(C)(C)C1C(=O)NCc1ccccc1Cl. The van der Waals surface area contributed by atoms with E-state index in [0.717, 1.165) is 22.3 Å². The minimum absolute atomic E-state index is 0.202. The maximum Gasteiger partial charge on any atom is 0.258 e. The van der Waals surface area contributed by atoms with Gasteiger partial charge < -0.3 is 25.4 Å². The van der Waals surface area contributed by atoms with Gasteiger partial charge in [0.15, 0.2) is 12.7 Å². The average Bonchev–Trinajstić information content (AvgIpc) is 3.30. The summed E-state index contributed by atoms with van der Waals surface area (Å²) in [5, 5.41) is 17.7. The predicted molar refractivity (Wildman–Crippen MR) is 170 cm³/mol. The number of para-hydroxylation sites is 1. The molecule has 1 aliphatic heterocycles. The van der Waals surface area contributed by atoms with Crippen LogP contribution in [0.3, 0.4) is 0 Å². The van der Waals surface area contributed by atoms with Gasteiger partial charge in [0.1, 0.15) is 11.8 Å². The highest BCUT2D eigenvalue weighted by Crippen LogP contribution is 2.40. The molecule has 0 saturated carbocycles. The van der Waals surface area contributed by atoms with Gasteiger partial charge in [-0.15, -0.1) is 11.8 Å². The molecular formula is C33H38ClN3O5S. The summed E-state index contributed by atoms with van der Waals surface area (Å²) in [4.78, 5) is 41.8. The topological polar surface area (TPSA) is 108 Å². The number of nitrogens with zero attached hydrogens (tertiary/aromatic N) is 1. The largest absolute Gasteiger partial charge is 0.483 e. The number of aryl methyl sites for hydroxylation is 2. The first-order valence-corrected chi connectivity index (χ1v) is 15.5. The molecule has 1 fully saturated rings. The van der Waals surface area contributed by atoms with E-state index in [2.05, 4.69) is 10.6 Å². The number of benzene rings is 3. The molecule has 3 aromatic carbocycles. The van der Waals surface area contributed by atoms with Crippen molar-refractivity contribution in [3.63, 3.8) is 0 Å². The Kier molecular flexibility index (Phi) is 10.8.